The van der Waals surface area contributed by atoms with E-state index in [-0.39, 0.29) is 23.1 Å². The lowest BCUT2D eigenvalue weighted by Gasteiger charge is -2.33. The van der Waals surface area contributed by atoms with Gasteiger partial charge in [-0.25, -0.2) is 9.97 Å². The van der Waals surface area contributed by atoms with E-state index in [0.29, 0.717) is 42.1 Å². The first-order chi connectivity index (χ1) is 19.4. The molecular formula is C29H41N9O2S. The number of nitrogens with zero attached hydrogens (tertiary/aromatic N) is 3. The molecule has 1 aromatic carbocycles. The fourth-order valence-electron chi connectivity index (χ4n) is 4.59. The Morgan fingerprint density at radius 1 is 1.02 bits per heavy atom. The maximum atomic E-state index is 12.1. The van der Waals surface area contributed by atoms with Crippen LogP contribution in [-0.4, -0.2) is 51.6 Å². The van der Waals surface area contributed by atoms with Gasteiger partial charge in [0.05, 0.1) is 0 Å². The Bertz CT molecular complexity index is 1350. The predicted octanol–water partition coefficient (Wildman–Crippen LogP) is 4.68. The fourth-order valence-corrected chi connectivity index (χ4v) is 5.36. The molecule has 1 aliphatic rings. The normalized spacial score (nSPS) is 13.6. The van der Waals surface area contributed by atoms with Crippen LogP contribution in [0.5, 0.6) is 0 Å². The molecule has 41 heavy (non-hydrogen) atoms. The van der Waals surface area contributed by atoms with E-state index in [1.54, 1.807) is 0 Å². The Balaban J connectivity index is 1.37. The molecule has 2 amide bonds. The average molecular weight is 580 g/mol. The standard InChI is InChI=1S/C29H41N9O2S/c1-18-14-24(38-37-18)34-23-15-22(32-13-12-31-17-28(2,3)16-29(4,5)26(30)40)35-27(36-23)41-21-10-8-20(9-11-21)33-25(39)19-6-7-19/h8-11,14-15,19,31H,6-7,12-13,16-17H2,1-5H3,(H2,30,40)(H,33,39)(H3,32,34,35,36,37,38). The summed E-state index contributed by atoms with van der Waals surface area (Å²) >= 11 is 1.44. The molecule has 0 bridgehead atoms. The van der Waals surface area contributed by atoms with Crippen molar-refractivity contribution >= 4 is 46.7 Å². The number of carbonyl (C=O) groups excluding carboxylic acids is 2. The second kappa shape index (κ2) is 12.9. The van der Waals surface area contributed by atoms with Crippen molar-refractivity contribution in [3.05, 3.63) is 42.1 Å². The van der Waals surface area contributed by atoms with E-state index in [4.69, 9.17) is 10.7 Å². The van der Waals surface area contributed by atoms with Gasteiger partial charge in [0.25, 0.3) is 0 Å². The van der Waals surface area contributed by atoms with Crippen LogP contribution >= 0.6 is 11.8 Å². The largest absolute Gasteiger partial charge is 0.369 e. The summed E-state index contributed by atoms with van der Waals surface area (Å²) in [5.74, 6) is 1.93. The van der Waals surface area contributed by atoms with E-state index in [9.17, 15) is 9.59 Å². The monoisotopic (exact) mass is 579 g/mol. The lowest BCUT2D eigenvalue weighted by atomic mass is 9.74. The van der Waals surface area contributed by atoms with Crippen LogP contribution in [0, 0.1) is 23.7 Å². The fraction of sp³-hybridized carbons (Fsp3) is 0.483. The predicted molar refractivity (Wildman–Crippen MR) is 163 cm³/mol. The van der Waals surface area contributed by atoms with Gasteiger partial charge >= 0.3 is 0 Å². The van der Waals surface area contributed by atoms with Gasteiger partial charge in [-0.15, -0.1) is 0 Å². The quantitative estimate of drug-likeness (QED) is 0.111. The molecule has 2 aromatic heterocycles. The summed E-state index contributed by atoms with van der Waals surface area (Å²) in [5.41, 5.74) is 6.65. The van der Waals surface area contributed by atoms with Gasteiger partial charge in [0.2, 0.25) is 11.8 Å². The van der Waals surface area contributed by atoms with Crippen LogP contribution in [0.15, 0.2) is 46.5 Å². The molecule has 11 nitrogen and oxygen atoms in total. The lowest BCUT2D eigenvalue weighted by molar-refractivity contribution is -0.127. The second-order valence-electron chi connectivity index (χ2n) is 12.1. The third-order valence-corrected chi connectivity index (χ3v) is 7.62. The highest BCUT2D eigenvalue weighted by Crippen LogP contribution is 2.33. The number of H-pyrrole nitrogens is 1. The van der Waals surface area contributed by atoms with Crippen LogP contribution in [0.3, 0.4) is 0 Å². The first kappa shape index (κ1) is 30.3. The summed E-state index contributed by atoms with van der Waals surface area (Å²) in [7, 11) is 0. The van der Waals surface area contributed by atoms with Gasteiger partial charge in [-0.1, -0.05) is 27.7 Å². The van der Waals surface area contributed by atoms with Crippen LogP contribution in [0.4, 0.5) is 23.1 Å². The number of hydrogen-bond donors (Lipinski definition) is 6. The molecule has 0 spiro atoms. The number of amides is 2. The molecule has 3 aromatic rings. The van der Waals surface area contributed by atoms with Crippen LogP contribution < -0.4 is 27.0 Å². The zero-order valence-corrected chi connectivity index (χ0v) is 25.2. The molecule has 1 aliphatic carbocycles. The molecule has 4 rings (SSSR count). The first-order valence-electron chi connectivity index (χ1n) is 13.9. The maximum Gasteiger partial charge on any atom is 0.227 e. The Hall–Kier alpha value is -3.64. The number of aromatic amines is 1. The SMILES string of the molecule is Cc1cc(Nc2cc(NCCNCC(C)(C)CC(C)(C)C(N)=O)nc(Sc3ccc(NC(=O)C4CC4)cc3)n2)n[nH]1. The molecule has 220 valence electrons. The Labute approximate surface area is 245 Å². The zero-order valence-electron chi connectivity index (χ0n) is 24.4. The van der Waals surface area contributed by atoms with Crippen molar-refractivity contribution in [3.63, 3.8) is 0 Å². The number of anilines is 4. The smallest absolute Gasteiger partial charge is 0.227 e. The topological polar surface area (TPSA) is 163 Å². The van der Waals surface area contributed by atoms with Crippen LogP contribution in [0.2, 0.25) is 0 Å². The maximum absolute atomic E-state index is 12.1. The van der Waals surface area contributed by atoms with Gasteiger partial charge in [-0.05, 0) is 67.6 Å². The number of carbonyl (C=O) groups is 2. The van der Waals surface area contributed by atoms with E-state index in [0.717, 1.165) is 35.7 Å². The molecule has 1 saturated carbocycles. The Morgan fingerprint density at radius 3 is 2.37 bits per heavy atom. The van der Waals surface area contributed by atoms with Gasteiger partial charge in [0, 0.05) is 59.4 Å². The van der Waals surface area contributed by atoms with Gasteiger partial charge in [0.1, 0.15) is 11.6 Å². The van der Waals surface area contributed by atoms with Crippen LogP contribution in [-0.2, 0) is 9.59 Å². The van der Waals surface area contributed by atoms with Gasteiger partial charge in [-0.3, -0.25) is 14.7 Å². The molecule has 0 unspecified atom stereocenters. The number of benzene rings is 1. The molecular weight excluding hydrogens is 538 g/mol. The van der Waals surface area contributed by atoms with Crippen LogP contribution in [0.1, 0.15) is 52.7 Å². The van der Waals surface area contributed by atoms with Gasteiger partial charge in [0.15, 0.2) is 11.0 Å². The van der Waals surface area contributed by atoms with Crippen molar-refractivity contribution < 1.29 is 9.59 Å². The van der Waals surface area contributed by atoms with Crippen molar-refractivity contribution in [1.82, 2.24) is 25.5 Å². The molecule has 0 saturated heterocycles. The van der Waals surface area contributed by atoms with Crippen molar-refractivity contribution in [2.75, 3.05) is 35.6 Å². The summed E-state index contributed by atoms with van der Waals surface area (Å²) in [6.45, 7) is 12.1. The van der Waals surface area contributed by atoms with Gasteiger partial charge in [-0.2, -0.15) is 5.10 Å². The Morgan fingerprint density at radius 2 is 1.73 bits per heavy atom. The summed E-state index contributed by atoms with van der Waals surface area (Å²) in [6.07, 6.45) is 2.63. The minimum absolute atomic E-state index is 0.0874. The van der Waals surface area contributed by atoms with E-state index < -0.39 is 5.41 Å². The van der Waals surface area contributed by atoms with Gasteiger partial charge < -0.3 is 27.0 Å². The highest BCUT2D eigenvalue weighted by molar-refractivity contribution is 7.99. The van der Waals surface area contributed by atoms with E-state index >= 15 is 0 Å². The number of nitrogens with one attached hydrogen (secondary N) is 5. The van der Waals surface area contributed by atoms with E-state index in [2.05, 4.69) is 50.3 Å². The number of aromatic nitrogens is 4. The van der Waals surface area contributed by atoms with E-state index in [1.807, 2.05) is 57.2 Å². The molecule has 1 fully saturated rings. The average Bonchev–Trinajstić information content (AvgIpc) is 3.66. The molecule has 2 heterocycles. The minimum atomic E-state index is -0.556. The van der Waals surface area contributed by atoms with Crippen molar-refractivity contribution in [2.45, 2.75) is 63.9 Å². The number of rotatable bonds is 15. The number of primary amides is 1. The highest BCUT2D eigenvalue weighted by atomic mass is 32.2. The zero-order chi connectivity index (χ0) is 29.6. The number of aryl methyl sites for hydroxylation is 1. The van der Waals surface area contributed by atoms with Crippen molar-refractivity contribution in [3.8, 4) is 0 Å². The summed E-state index contributed by atoms with van der Waals surface area (Å²) in [6, 6.07) is 11.5. The number of nitrogens with two attached hydrogens (primary N) is 1. The highest BCUT2D eigenvalue weighted by Gasteiger charge is 2.33. The summed E-state index contributed by atoms with van der Waals surface area (Å²) < 4.78 is 0. The van der Waals surface area contributed by atoms with E-state index in [1.165, 1.54) is 11.8 Å². The van der Waals surface area contributed by atoms with Crippen molar-refractivity contribution in [2.24, 2.45) is 22.5 Å². The Kier molecular flexibility index (Phi) is 9.54. The number of hydrogen-bond acceptors (Lipinski definition) is 9. The van der Waals surface area contributed by atoms with Crippen LogP contribution in [0.25, 0.3) is 0 Å². The summed E-state index contributed by atoms with van der Waals surface area (Å²) in [5, 5.41) is 20.8. The minimum Gasteiger partial charge on any atom is -0.369 e. The summed E-state index contributed by atoms with van der Waals surface area (Å²) in [4.78, 5) is 34.2. The third-order valence-electron chi connectivity index (χ3n) is 6.75. The third kappa shape index (κ3) is 9.46. The lowest BCUT2D eigenvalue weighted by Crippen LogP contribution is -2.40. The first-order valence-corrected chi connectivity index (χ1v) is 14.7. The molecule has 0 atom stereocenters. The second-order valence-corrected chi connectivity index (χ2v) is 13.1. The molecule has 0 radical (unpaired) electrons. The molecule has 12 heteroatoms. The molecule has 0 aliphatic heterocycles. The molecule has 7 N–H and O–H groups in total. The van der Waals surface area contributed by atoms with Crippen molar-refractivity contribution in [1.29, 1.82) is 0 Å².